The van der Waals surface area contributed by atoms with Gasteiger partial charge in [0, 0.05) is 6.04 Å². The van der Waals surface area contributed by atoms with Crippen molar-refractivity contribution in [2.75, 3.05) is 0 Å². The van der Waals surface area contributed by atoms with Gasteiger partial charge in [-0.25, -0.2) is 0 Å². The van der Waals surface area contributed by atoms with Crippen LogP contribution in [-0.2, 0) is 0 Å². The molecule has 3 unspecified atom stereocenters. The van der Waals surface area contributed by atoms with Crippen LogP contribution in [0.15, 0.2) is 0 Å². The monoisotopic (exact) mass is 208 g/mol. The standard InChI is InChI=1S/C13H24N2/c1-4-11(9-14)15-13-8-6-5-7-12(13)10(2)3/h10-13,15H,4-8H2,1-3H3. The van der Waals surface area contributed by atoms with Crippen LogP contribution in [0.3, 0.4) is 0 Å². The van der Waals surface area contributed by atoms with Crippen LogP contribution < -0.4 is 5.32 Å². The van der Waals surface area contributed by atoms with Gasteiger partial charge in [0.05, 0.1) is 12.1 Å². The molecule has 0 aromatic carbocycles. The zero-order chi connectivity index (χ0) is 11.3. The first-order valence-electron chi connectivity index (χ1n) is 6.34. The van der Waals surface area contributed by atoms with Crippen molar-refractivity contribution in [1.82, 2.24) is 5.32 Å². The first-order valence-corrected chi connectivity index (χ1v) is 6.34. The number of hydrogen-bond donors (Lipinski definition) is 1. The summed E-state index contributed by atoms with van der Waals surface area (Å²) in [7, 11) is 0. The van der Waals surface area contributed by atoms with Gasteiger partial charge >= 0.3 is 0 Å². The average Bonchev–Trinajstić information content (AvgIpc) is 2.26. The van der Waals surface area contributed by atoms with Crippen molar-refractivity contribution < 1.29 is 0 Å². The number of nitrogens with one attached hydrogen (secondary N) is 1. The Bertz CT molecular complexity index is 217. The zero-order valence-electron chi connectivity index (χ0n) is 10.3. The Kier molecular flexibility index (Phi) is 5.11. The summed E-state index contributed by atoms with van der Waals surface area (Å²) in [6, 6.07) is 2.97. The van der Waals surface area contributed by atoms with Crippen molar-refractivity contribution in [2.24, 2.45) is 11.8 Å². The van der Waals surface area contributed by atoms with Crippen LogP contribution >= 0.6 is 0 Å². The van der Waals surface area contributed by atoms with Crippen LogP contribution in [-0.4, -0.2) is 12.1 Å². The Balaban J connectivity index is 2.53. The summed E-state index contributed by atoms with van der Waals surface area (Å²) in [4.78, 5) is 0. The van der Waals surface area contributed by atoms with E-state index >= 15 is 0 Å². The number of nitriles is 1. The quantitative estimate of drug-likeness (QED) is 0.770. The second-order valence-corrected chi connectivity index (χ2v) is 5.06. The van der Waals surface area contributed by atoms with Crippen molar-refractivity contribution in [1.29, 1.82) is 5.26 Å². The molecule has 2 nitrogen and oxygen atoms in total. The Labute approximate surface area is 94.1 Å². The highest BCUT2D eigenvalue weighted by Gasteiger charge is 2.28. The third-order valence-electron chi connectivity index (χ3n) is 3.66. The Morgan fingerprint density at radius 1 is 1.33 bits per heavy atom. The molecule has 2 heteroatoms. The van der Waals surface area contributed by atoms with Crippen LogP contribution in [0.2, 0.25) is 0 Å². The van der Waals surface area contributed by atoms with Crippen molar-refractivity contribution in [2.45, 2.75) is 65.0 Å². The molecule has 1 rings (SSSR count). The molecule has 0 amide bonds. The molecule has 0 aromatic heterocycles. The number of nitrogens with zero attached hydrogens (tertiary/aromatic N) is 1. The second kappa shape index (κ2) is 6.12. The topological polar surface area (TPSA) is 35.8 Å². The first-order chi connectivity index (χ1) is 7.19. The molecular weight excluding hydrogens is 184 g/mol. The smallest absolute Gasteiger partial charge is 0.0952 e. The normalized spacial score (nSPS) is 28.7. The van der Waals surface area contributed by atoms with Crippen LogP contribution in [0.4, 0.5) is 0 Å². The SMILES string of the molecule is CCC(C#N)NC1CCCCC1C(C)C. The maximum atomic E-state index is 8.97. The van der Waals surface area contributed by atoms with E-state index in [1.807, 2.05) is 0 Å². The molecule has 0 bridgehead atoms. The van der Waals surface area contributed by atoms with E-state index in [9.17, 15) is 0 Å². The number of hydrogen-bond acceptors (Lipinski definition) is 2. The molecule has 15 heavy (non-hydrogen) atoms. The molecule has 1 aliphatic rings. The van der Waals surface area contributed by atoms with Crippen LogP contribution in [0.1, 0.15) is 52.9 Å². The van der Waals surface area contributed by atoms with Crippen molar-refractivity contribution >= 4 is 0 Å². The van der Waals surface area contributed by atoms with E-state index < -0.39 is 0 Å². The van der Waals surface area contributed by atoms with Gasteiger partial charge in [0.1, 0.15) is 0 Å². The molecular formula is C13H24N2. The van der Waals surface area contributed by atoms with E-state index in [2.05, 4.69) is 32.2 Å². The highest BCUT2D eigenvalue weighted by atomic mass is 15.0. The first kappa shape index (κ1) is 12.5. The third-order valence-corrected chi connectivity index (χ3v) is 3.66. The summed E-state index contributed by atoms with van der Waals surface area (Å²) < 4.78 is 0. The van der Waals surface area contributed by atoms with Gasteiger partial charge in [-0.2, -0.15) is 5.26 Å². The molecule has 1 fully saturated rings. The van der Waals surface area contributed by atoms with E-state index in [0.717, 1.165) is 18.3 Å². The molecule has 1 saturated carbocycles. The summed E-state index contributed by atoms with van der Waals surface area (Å²) in [6.45, 7) is 6.68. The number of rotatable bonds is 4. The second-order valence-electron chi connectivity index (χ2n) is 5.06. The minimum Gasteiger partial charge on any atom is -0.299 e. The van der Waals surface area contributed by atoms with Gasteiger partial charge in [0.25, 0.3) is 0 Å². The van der Waals surface area contributed by atoms with Crippen LogP contribution in [0, 0.1) is 23.2 Å². The maximum absolute atomic E-state index is 8.97. The predicted octanol–water partition coefficient (Wildman–Crippen LogP) is 3.09. The molecule has 1 N–H and O–H groups in total. The molecule has 3 atom stereocenters. The summed E-state index contributed by atoms with van der Waals surface area (Å²) in [5, 5.41) is 12.5. The van der Waals surface area contributed by atoms with Gasteiger partial charge in [-0.1, -0.05) is 33.6 Å². The van der Waals surface area contributed by atoms with Crippen molar-refractivity contribution in [3.05, 3.63) is 0 Å². The molecule has 0 aliphatic heterocycles. The lowest BCUT2D eigenvalue weighted by Crippen LogP contribution is -2.45. The fraction of sp³-hybridized carbons (Fsp3) is 0.923. The largest absolute Gasteiger partial charge is 0.299 e. The molecule has 0 saturated heterocycles. The average molecular weight is 208 g/mol. The van der Waals surface area contributed by atoms with E-state index in [-0.39, 0.29) is 6.04 Å². The lowest BCUT2D eigenvalue weighted by Gasteiger charge is -2.36. The van der Waals surface area contributed by atoms with Gasteiger partial charge in [0.15, 0.2) is 0 Å². The lowest BCUT2D eigenvalue weighted by atomic mass is 9.77. The van der Waals surface area contributed by atoms with Gasteiger partial charge in [-0.05, 0) is 31.1 Å². The Hall–Kier alpha value is -0.550. The van der Waals surface area contributed by atoms with Crippen LogP contribution in [0.5, 0.6) is 0 Å². The summed E-state index contributed by atoms with van der Waals surface area (Å²) in [5.41, 5.74) is 0. The van der Waals surface area contributed by atoms with Crippen molar-refractivity contribution in [3.8, 4) is 6.07 Å². The lowest BCUT2D eigenvalue weighted by molar-refractivity contribution is 0.198. The van der Waals surface area contributed by atoms with Crippen LogP contribution in [0.25, 0.3) is 0 Å². The molecule has 0 aromatic rings. The molecule has 1 aliphatic carbocycles. The summed E-state index contributed by atoms with van der Waals surface area (Å²) >= 11 is 0. The summed E-state index contributed by atoms with van der Waals surface area (Å²) in [5.74, 6) is 1.50. The van der Waals surface area contributed by atoms with Gasteiger partial charge < -0.3 is 0 Å². The molecule has 0 heterocycles. The van der Waals surface area contributed by atoms with E-state index in [1.165, 1.54) is 25.7 Å². The van der Waals surface area contributed by atoms with Gasteiger partial charge in [-0.15, -0.1) is 0 Å². The molecule has 86 valence electrons. The van der Waals surface area contributed by atoms with E-state index in [4.69, 9.17) is 5.26 Å². The van der Waals surface area contributed by atoms with E-state index in [1.54, 1.807) is 0 Å². The maximum Gasteiger partial charge on any atom is 0.0952 e. The predicted molar refractivity (Wildman–Crippen MR) is 63.4 cm³/mol. The third kappa shape index (κ3) is 3.50. The Morgan fingerprint density at radius 2 is 2.00 bits per heavy atom. The highest BCUT2D eigenvalue weighted by Crippen LogP contribution is 2.30. The summed E-state index contributed by atoms with van der Waals surface area (Å²) in [6.07, 6.45) is 6.18. The molecule has 0 spiro atoms. The van der Waals surface area contributed by atoms with Gasteiger partial charge in [-0.3, -0.25) is 5.32 Å². The minimum absolute atomic E-state index is 0.0503. The zero-order valence-corrected chi connectivity index (χ0v) is 10.3. The van der Waals surface area contributed by atoms with E-state index in [0.29, 0.717) is 6.04 Å². The minimum atomic E-state index is 0.0503. The highest BCUT2D eigenvalue weighted by molar-refractivity contribution is 4.93. The molecule has 0 radical (unpaired) electrons. The fourth-order valence-corrected chi connectivity index (χ4v) is 2.67. The van der Waals surface area contributed by atoms with Gasteiger partial charge in [0.2, 0.25) is 0 Å². The van der Waals surface area contributed by atoms with Crippen molar-refractivity contribution in [3.63, 3.8) is 0 Å². The Morgan fingerprint density at radius 3 is 2.53 bits per heavy atom. The fourth-order valence-electron chi connectivity index (χ4n) is 2.67.